The molecule has 0 bridgehead atoms. The fourth-order valence-electron chi connectivity index (χ4n) is 5.48. The largest absolute Gasteiger partial charge is 0.480 e. The maximum atomic E-state index is 12.6. The molecule has 0 aliphatic heterocycles. The Bertz CT molecular complexity index is 2230. The molecule has 2 amide bonds. The van der Waals surface area contributed by atoms with E-state index < -0.39 is 30.3 Å². The van der Waals surface area contributed by atoms with Gasteiger partial charge in [-0.3, -0.25) is 15.4 Å². The second kappa shape index (κ2) is 19.4. The van der Waals surface area contributed by atoms with Gasteiger partial charge in [0.15, 0.2) is 11.5 Å². The number of aromatic nitrogens is 2. The van der Waals surface area contributed by atoms with Crippen LogP contribution in [0.1, 0.15) is 46.7 Å². The molecule has 0 unspecified atom stereocenters. The van der Waals surface area contributed by atoms with Gasteiger partial charge in [-0.2, -0.15) is 0 Å². The summed E-state index contributed by atoms with van der Waals surface area (Å²) in [6.45, 7) is 5.56. The molecule has 0 saturated carbocycles. The molecule has 6 rings (SSSR count). The number of hydrogen-bond donors (Lipinski definition) is 5. The summed E-state index contributed by atoms with van der Waals surface area (Å²) in [4.78, 5) is 35.0. The zero-order valence-corrected chi connectivity index (χ0v) is 32.1. The van der Waals surface area contributed by atoms with Crippen molar-refractivity contribution in [1.29, 1.82) is 0 Å². The first-order valence-corrected chi connectivity index (χ1v) is 18.2. The molecule has 4 aromatic carbocycles. The zero-order valence-electron chi connectivity index (χ0n) is 30.6. The smallest absolute Gasteiger partial charge is 0.412 e. The Morgan fingerprint density at radius 1 is 0.732 bits per heavy atom. The minimum Gasteiger partial charge on any atom is -0.480 e. The highest BCUT2D eigenvalue weighted by Crippen LogP contribution is 2.33. The number of benzene rings is 4. The van der Waals surface area contributed by atoms with E-state index in [2.05, 4.69) is 26.3 Å². The molecule has 0 saturated heterocycles. The number of alkyl halides is 1. The van der Waals surface area contributed by atoms with Gasteiger partial charge in [0, 0.05) is 28.6 Å². The van der Waals surface area contributed by atoms with E-state index in [0.29, 0.717) is 63.7 Å². The van der Waals surface area contributed by atoms with Crippen LogP contribution in [-0.2, 0) is 28.4 Å². The van der Waals surface area contributed by atoms with Crippen LogP contribution in [0.15, 0.2) is 112 Å². The highest BCUT2D eigenvalue weighted by Gasteiger charge is 2.21. The number of carbonyl (C=O) groups excluding carboxylic acids is 1. The lowest BCUT2D eigenvalue weighted by Crippen LogP contribution is -2.38. The average molecular weight is 801 g/mol. The molecule has 6 aromatic rings. The van der Waals surface area contributed by atoms with E-state index >= 15 is 0 Å². The number of amides is 2. The molecule has 15 heteroatoms. The first-order chi connectivity index (χ1) is 26.9. The number of ether oxygens (including phenoxy) is 1. The van der Waals surface area contributed by atoms with Gasteiger partial charge in [0.2, 0.25) is 0 Å². The van der Waals surface area contributed by atoms with E-state index in [0.717, 1.165) is 27.8 Å². The normalized spacial score (nSPS) is 11.8. The molecule has 2 atom stereocenters. The molecule has 290 valence electrons. The molecule has 56 heavy (non-hydrogen) atoms. The second-order valence-electron chi connectivity index (χ2n) is 12.6. The molecule has 0 aliphatic carbocycles. The van der Waals surface area contributed by atoms with Gasteiger partial charge in [-0.15, -0.1) is 11.6 Å². The van der Waals surface area contributed by atoms with Crippen molar-refractivity contribution >= 4 is 52.7 Å². The van der Waals surface area contributed by atoms with Crippen molar-refractivity contribution in [2.24, 2.45) is 0 Å². The minimum atomic E-state index is -1.15. The molecule has 0 spiro atoms. The van der Waals surface area contributed by atoms with E-state index in [1.54, 1.807) is 32.9 Å². The monoisotopic (exact) mass is 799 g/mol. The van der Waals surface area contributed by atoms with Crippen LogP contribution >= 0.6 is 23.2 Å². The number of rotatable bonds is 13. The Labute approximate surface area is 332 Å². The Kier molecular flexibility index (Phi) is 14.2. The van der Waals surface area contributed by atoms with Gasteiger partial charge in [0.1, 0.15) is 34.9 Å². The number of carboxylic acids is 1. The fraction of sp³-hybridized carbons (Fsp3) is 0.195. The molecule has 0 radical (unpaired) electrons. The first-order valence-electron chi connectivity index (χ1n) is 17.3. The minimum absolute atomic E-state index is 0.329. The van der Waals surface area contributed by atoms with E-state index in [1.807, 2.05) is 91.0 Å². The van der Waals surface area contributed by atoms with Gasteiger partial charge in [0.25, 0.3) is 0 Å². The molecule has 2 heterocycles. The summed E-state index contributed by atoms with van der Waals surface area (Å²) >= 11 is 11.6. The molecular weight excluding hydrogens is 761 g/mol. The van der Waals surface area contributed by atoms with Crippen LogP contribution in [0, 0.1) is 13.8 Å². The second-order valence-corrected chi connectivity index (χ2v) is 13.3. The summed E-state index contributed by atoms with van der Waals surface area (Å²) in [6, 6.07) is 30.5. The molecule has 0 fully saturated rings. The van der Waals surface area contributed by atoms with E-state index in [1.165, 1.54) is 0 Å². The van der Waals surface area contributed by atoms with Crippen LogP contribution in [0.4, 0.5) is 21.0 Å². The summed E-state index contributed by atoms with van der Waals surface area (Å²) in [6.07, 6.45) is -1.87. The lowest BCUT2D eigenvalue weighted by molar-refractivity contribution is -0.139. The summed E-state index contributed by atoms with van der Waals surface area (Å²) < 4.78 is 16.2. The van der Waals surface area contributed by atoms with Crippen molar-refractivity contribution in [3.05, 3.63) is 142 Å². The molecule has 0 aliphatic rings. The lowest BCUT2D eigenvalue weighted by Gasteiger charge is -2.15. The summed E-state index contributed by atoms with van der Waals surface area (Å²) in [5.74, 6) is 0.294. The van der Waals surface area contributed by atoms with Crippen LogP contribution in [0.25, 0.3) is 22.6 Å². The number of halogens is 2. The number of nitrogens with one attached hydrogen (secondary N) is 3. The maximum Gasteiger partial charge on any atom is 0.412 e. The van der Waals surface area contributed by atoms with Crippen LogP contribution in [0.5, 0.6) is 0 Å². The SMILES string of the molecule is Cc1noc(-c2ccc(CCl)cc2)c1NC(=O)O.Cc1noc(-c2ccc(CN[C@H](Cc3ccc(Cl)cc3)C(=O)O)cc2)c1NC(=O)O[C@H](C)c1ccccc1. The van der Waals surface area contributed by atoms with Crippen LogP contribution in [0.2, 0.25) is 5.02 Å². The van der Waals surface area contributed by atoms with Crippen molar-refractivity contribution in [2.75, 3.05) is 10.6 Å². The Morgan fingerprint density at radius 2 is 1.25 bits per heavy atom. The number of aryl methyl sites for hydroxylation is 2. The first kappa shape index (κ1) is 41.0. The Morgan fingerprint density at radius 3 is 1.77 bits per heavy atom. The fourth-order valence-corrected chi connectivity index (χ4v) is 5.79. The van der Waals surface area contributed by atoms with Gasteiger partial charge in [0.05, 0.1) is 0 Å². The highest BCUT2D eigenvalue weighted by atomic mass is 35.5. The molecule has 2 aromatic heterocycles. The number of nitrogens with zero attached hydrogens (tertiary/aromatic N) is 2. The number of hydrogen-bond acceptors (Lipinski definition) is 9. The number of aliphatic carboxylic acids is 1. The van der Waals surface area contributed by atoms with Gasteiger partial charge >= 0.3 is 18.2 Å². The maximum absolute atomic E-state index is 12.6. The standard InChI is InChI=1S/C29H28ClN3O5.C12H11ClN2O3/c1-18-26(32-29(36)37-19(2)22-6-4-3-5-7-22)27(38-33-18)23-12-8-21(9-13-23)17-31-25(28(34)35)16-20-10-14-24(30)15-11-20;1-7-10(14-12(16)17)11(18-15-7)9-4-2-8(6-13)3-5-9/h3-15,19,25,31H,16-17H2,1-2H3,(H,32,36)(H,34,35);2-5,14H,6H2,1H3,(H,16,17)/t19-,25-;/m1./s1. The van der Waals surface area contributed by atoms with Gasteiger partial charge in [-0.05, 0) is 61.6 Å². The van der Waals surface area contributed by atoms with Crippen molar-refractivity contribution in [2.45, 2.75) is 51.8 Å². The number of carboxylic acid groups (broad SMARTS) is 2. The third kappa shape index (κ3) is 11.2. The number of anilines is 2. The molecular formula is C41H39Cl2N5O8. The zero-order chi connectivity index (χ0) is 40.2. The number of carbonyl (C=O) groups is 3. The van der Waals surface area contributed by atoms with Crippen LogP contribution < -0.4 is 16.0 Å². The van der Waals surface area contributed by atoms with Gasteiger partial charge in [-0.1, -0.05) is 113 Å². The third-order valence-corrected chi connectivity index (χ3v) is 9.09. The van der Waals surface area contributed by atoms with Crippen molar-refractivity contribution in [3.8, 4) is 22.6 Å². The van der Waals surface area contributed by atoms with E-state index in [-0.39, 0.29) is 0 Å². The van der Waals surface area contributed by atoms with Crippen molar-refractivity contribution in [1.82, 2.24) is 15.6 Å². The quantitative estimate of drug-likeness (QED) is 0.0699. The van der Waals surface area contributed by atoms with Crippen molar-refractivity contribution in [3.63, 3.8) is 0 Å². The Balaban J connectivity index is 0.000000278. The predicted octanol–water partition coefficient (Wildman–Crippen LogP) is 9.88. The molecule has 5 N–H and O–H groups in total. The summed E-state index contributed by atoms with van der Waals surface area (Å²) in [7, 11) is 0. The van der Waals surface area contributed by atoms with Crippen LogP contribution in [0.3, 0.4) is 0 Å². The van der Waals surface area contributed by atoms with Crippen molar-refractivity contribution < 1.29 is 38.4 Å². The van der Waals surface area contributed by atoms with Crippen LogP contribution in [-0.4, -0.2) is 44.7 Å². The average Bonchev–Trinajstić information content (AvgIpc) is 3.74. The topological polar surface area (TPSA) is 189 Å². The summed E-state index contributed by atoms with van der Waals surface area (Å²) in [5, 5.41) is 34.9. The summed E-state index contributed by atoms with van der Waals surface area (Å²) in [5.41, 5.74) is 6.87. The van der Waals surface area contributed by atoms with E-state index in [4.69, 9.17) is 42.1 Å². The highest BCUT2D eigenvalue weighted by molar-refractivity contribution is 6.30. The lowest BCUT2D eigenvalue weighted by atomic mass is 10.0. The Hall–Kier alpha value is -6.15. The van der Waals surface area contributed by atoms with Gasteiger partial charge < -0.3 is 29.3 Å². The third-order valence-electron chi connectivity index (χ3n) is 8.53. The van der Waals surface area contributed by atoms with Gasteiger partial charge in [-0.25, -0.2) is 9.59 Å². The van der Waals surface area contributed by atoms with E-state index in [9.17, 15) is 19.5 Å². The molecule has 13 nitrogen and oxygen atoms in total. The predicted molar refractivity (Wildman–Crippen MR) is 213 cm³/mol.